The van der Waals surface area contributed by atoms with Crippen LogP contribution in [0.25, 0.3) is 16.9 Å². The molecule has 3 N–H and O–H groups in total. The Bertz CT molecular complexity index is 1200. The zero-order valence-electron chi connectivity index (χ0n) is 17.8. The molecular weight excluding hydrogens is 406 g/mol. The highest BCUT2D eigenvalue weighted by Gasteiger charge is 2.23. The van der Waals surface area contributed by atoms with Gasteiger partial charge in [-0.2, -0.15) is 10.2 Å². The van der Waals surface area contributed by atoms with Crippen LogP contribution in [-0.4, -0.2) is 66.3 Å². The second kappa shape index (κ2) is 8.75. The van der Waals surface area contributed by atoms with Crippen LogP contribution >= 0.6 is 0 Å². The van der Waals surface area contributed by atoms with E-state index in [1.807, 2.05) is 24.3 Å². The molecule has 0 radical (unpaired) electrons. The Morgan fingerprint density at radius 2 is 2.09 bits per heavy atom. The van der Waals surface area contributed by atoms with E-state index in [1.165, 1.54) is 12.7 Å². The third kappa shape index (κ3) is 3.92. The number of hydrogen-bond donors (Lipinski definition) is 3. The highest BCUT2D eigenvalue weighted by Crippen LogP contribution is 2.24. The first kappa shape index (κ1) is 20.1. The summed E-state index contributed by atoms with van der Waals surface area (Å²) in [6.45, 7) is 4.99. The van der Waals surface area contributed by atoms with Gasteiger partial charge in [-0.05, 0) is 50.2 Å². The molecule has 0 spiro atoms. The minimum Gasteiger partial charge on any atom is -0.350 e. The average Bonchev–Trinajstić information content (AvgIpc) is 3.60. The van der Waals surface area contributed by atoms with Crippen LogP contribution in [-0.2, 0) is 0 Å². The third-order valence-electron chi connectivity index (χ3n) is 5.91. The number of aromatic nitrogens is 6. The van der Waals surface area contributed by atoms with E-state index in [0.29, 0.717) is 29.6 Å². The number of nitrogens with zero attached hydrogens (tertiary/aromatic N) is 6. The summed E-state index contributed by atoms with van der Waals surface area (Å²) in [6.07, 6.45) is 9.04. The maximum atomic E-state index is 12.6. The minimum absolute atomic E-state index is 0.0538. The summed E-state index contributed by atoms with van der Waals surface area (Å²) in [4.78, 5) is 23.8. The monoisotopic (exact) mass is 431 g/mol. The summed E-state index contributed by atoms with van der Waals surface area (Å²) in [6, 6.07) is 7.78. The SMILES string of the molecule is CCN1CCCC1CNC(=O)c1ccc(Nc2ncc(-c3cn[nH]c3)n3ncnc23)cc1. The molecule has 1 amide bonds. The molecule has 10 nitrogen and oxygen atoms in total. The topological polar surface area (TPSA) is 116 Å². The van der Waals surface area contributed by atoms with Crippen molar-refractivity contribution in [1.29, 1.82) is 0 Å². The van der Waals surface area contributed by atoms with Gasteiger partial charge < -0.3 is 10.6 Å². The van der Waals surface area contributed by atoms with Crippen molar-refractivity contribution in [2.75, 3.05) is 25.0 Å². The van der Waals surface area contributed by atoms with E-state index in [9.17, 15) is 4.79 Å². The fourth-order valence-electron chi connectivity index (χ4n) is 4.19. The van der Waals surface area contributed by atoms with Crippen molar-refractivity contribution in [3.05, 3.63) is 54.7 Å². The van der Waals surface area contributed by atoms with Crippen molar-refractivity contribution >= 4 is 23.1 Å². The molecule has 0 saturated carbocycles. The predicted molar refractivity (Wildman–Crippen MR) is 121 cm³/mol. The van der Waals surface area contributed by atoms with Gasteiger partial charge in [0.05, 0.1) is 18.1 Å². The first-order valence-electron chi connectivity index (χ1n) is 10.8. The number of H-pyrrole nitrogens is 1. The number of likely N-dealkylation sites (N-methyl/N-ethyl adjacent to an activating group) is 1. The molecule has 1 aliphatic rings. The van der Waals surface area contributed by atoms with Gasteiger partial charge in [0.25, 0.3) is 5.91 Å². The Balaban J connectivity index is 1.27. The number of fused-ring (bicyclic) bond motifs is 1. The van der Waals surface area contributed by atoms with E-state index >= 15 is 0 Å². The van der Waals surface area contributed by atoms with Crippen molar-refractivity contribution in [3.63, 3.8) is 0 Å². The van der Waals surface area contributed by atoms with Crippen LogP contribution in [0.1, 0.15) is 30.1 Å². The number of benzene rings is 1. The van der Waals surface area contributed by atoms with Crippen molar-refractivity contribution in [2.24, 2.45) is 0 Å². The number of amides is 1. The summed E-state index contributed by atoms with van der Waals surface area (Å²) in [5.74, 6) is 0.523. The molecule has 0 bridgehead atoms. The standard InChI is InChI=1S/C22H25N9O/c1-2-30-9-3-4-18(30)12-24-22(32)15-5-7-17(8-6-15)29-20-21-25-14-28-31(21)19(13-23-20)16-10-26-27-11-16/h5-8,10-11,13-14,18H,2-4,9,12H2,1H3,(H,23,29)(H,24,32)(H,26,27). The van der Waals surface area contributed by atoms with E-state index in [0.717, 1.165) is 36.5 Å². The highest BCUT2D eigenvalue weighted by molar-refractivity contribution is 5.94. The largest absolute Gasteiger partial charge is 0.350 e. The van der Waals surface area contributed by atoms with Crippen molar-refractivity contribution in [1.82, 2.24) is 40.0 Å². The van der Waals surface area contributed by atoms with Crippen molar-refractivity contribution in [3.8, 4) is 11.3 Å². The molecule has 0 aliphatic carbocycles. The van der Waals surface area contributed by atoms with Crippen LogP contribution in [0, 0.1) is 0 Å². The molecule has 1 saturated heterocycles. The van der Waals surface area contributed by atoms with Gasteiger partial charge in [-0.15, -0.1) is 0 Å². The number of rotatable bonds is 7. The molecule has 10 heteroatoms. The molecule has 4 aromatic rings. The van der Waals surface area contributed by atoms with Crippen LogP contribution in [0.3, 0.4) is 0 Å². The number of carbonyl (C=O) groups is 1. The van der Waals surface area contributed by atoms with Crippen LogP contribution in [0.15, 0.2) is 49.2 Å². The van der Waals surface area contributed by atoms with E-state index < -0.39 is 0 Å². The van der Waals surface area contributed by atoms with Gasteiger partial charge in [0, 0.05) is 35.6 Å². The number of anilines is 2. The lowest BCUT2D eigenvalue weighted by Crippen LogP contribution is -2.40. The second-order valence-corrected chi connectivity index (χ2v) is 7.81. The van der Waals surface area contributed by atoms with E-state index in [4.69, 9.17) is 0 Å². The lowest BCUT2D eigenvalue weighted by atomic mass is 10.1. The van der Waals surface area contributed by atoms with Crippen LogP contribution in [0.5, 0.6) is 0 Å². The van der Waals surface area contributed by atoms with Gasteiger partial charge in [-0.1, -0.05) is 6.92 Å². The zero-order chi connectivity index (χ0) is 21.9. The molecule has 1 aromatic carbocycles. The molecular formula is C22H25N9O. The molecule has 5 rings (SSSR count). The summed E-state index contributed by atoms with van der Waals surface area (Å²) < 4.78 is 1.71. The molecule has 1 aliphatic heterocycles. The van der Waals surface area contributed by atoms with Gasteiger partial charge in [0.15, 0.2) is 11.5 Å². The maximum absolute atomic E-state index is 12.6. The fraction of sp³-hybridized carbons (Fsp3) is 0.318. The van der Waals surface area contributed by atoms with Gasteiger partial charge in [0.1, 0.15) is 6.33 Å². The first-order chi connectivity index (χ1) is 15.7. The lowest BCUT2D eigenvalue weighted by molar-refractivity contribution is 0.0941. The highest BCUT2D eigenvalue weighted by atomic mass is 16.1. The minimum atomic E-state index is -0.0538. The predicted octanol–water partition coefficient (Wildman–Crippen LogP) is 2.47. The maximum Gasteiger partial charge on any atom is 0.251 e. The summed E-state index contributed by atoms with van der Waals surface area (Å²) in [7, 11) is 0. The smallest absolute Gasteiger partial charge is 0.251 e. The number of nitrogens with one attached hydrogen (secondary N) is 3. The number of aromatic amines is 1. The van der Waals surface area contributed by atoms with Gasteiger partial charge in [-0.3, -0.25) is 14.8 Å². The Kier molecular flexibility index (Phi) is 5.51. The summed E-state index contributed by atoms with van der Waals surface area (Å²) in [5, 5.41) is 17.4. The molecule has 3 aromatic heterocycles. The zero-order valence-corrected chi connectivity index (χ0v) is 17.8. The molecule has 1 unspecified atom stereocenters. The van der Waals surface area contributed by atoms with E-state index in [1.54, 1.807) is 23.1 Å². The average molecular weight is 432 g/mol. The second-order valence-electron chi connectivity index (χ2n) is 7.81. The molecule has 4 heterocycles. The lowest BCUT2D eigenvalue weighted by Gasteiger charge is -2.22. The Morgan fingerprint density at radius 1 is 1.22 bits per heavy atom. The number of likely N-dealkylation sites (tertiary alicyclic amines) is 1. The van der Waals surface area contributed by atoms with Crippen molar-refractivity contribution in [2.45, 2.75) is 25.8 Å². The van der Waals surface area contributed by atoms with Crippen LogP contribution < -0.4 is 10.6 Å². The summed E-state index contributed by atoms with van der Waals surface area (Å²) in [5.41, 5.74) is 3.69. The molecule has 1 atom stereocenters. The third-order valence-corrected chi connectivity index (χ3v) is 5.91. The Hall–Kier alpha value is -3.79. The fourth-order valence-corrected chi connectivity index (χ4v) is 4.19. The molecule has 164 valence electrons. The molecule has 32 heavy (non-hydrogen) atoms. The normalized spacial score (nSPS) is 16.5. The van der Waals surface area contributed by atoms with Gasteiger partial charge >= 0.3 is 0 Å². The van der Waals surface area contributed by atoms with E-state index in [-0.39, 0.29) is 5.91 Å². The number of carbonyl (C=O) groups excluding carboxylic acids is 1. The quantitative estimate of drug-likeness (QED) is 0.412. The van der Waals surface area contributed by atoms with E-state index in [2.05, 4.69) is 47.7 Å². The number of hydrogen-bond acceptors (Lipinski definition) is 7. The Labute approximate surface area is 185 Å². The van der Waals surface area contributed by atoms with Crippen LogP contribution in [0.2, 0.25) is 0 Å². The summed E-state index contributed by atoms with van der Waals surface area (Å²) >= 11 is 0. The Morgan fingerprint density at radius 3 is 2.88 bits per heavy atom. The first-order valence-corrected chi connectivity index (χ1v) is 10.8. The van der Waals surface area contributed by atoms with Crippen molar-refractivity contribution < 1.29 is 4.79 Å². The van der Waals surface area contributed by atoms with Gasteiger partial charge in [0.2, 0.25) is 0 Å². The van der Waals surface area contributed by atoms with Gasteiger partial charge in [-0.25, -0.2) is 14.5 Å². The van der Waals surface area contributed by atoms with Crippen LogP contribution in [0.4, 0.5) is 11.5 Å². The molecule has 1 fully saturated rings.